The number of likely N-dealkylation sites (tertiary alicyclic amines) is 1. The van der Waals surface area contributed by atoms with Gasteiger partial charge in [0.25, 0.3) is 5.91 Å². The molecule has 1 spiro atoms. The lowest BCUT2D eigenvalue weighted by Gasteiger charge is -2.21. The number of benzene rings is 1. The van der Waals surface area contributed by atoms with Crippen LogP contribution in [0.3, 0.4) is 0 Å². The number of nitrogens with one attached hydrogen (secondary N) is 1. The highest BCUT2D eigenvalue weighted by molar-refractivity contribution is 6.39. The summed E-state index contributed by atoms with van der Waals surface area (Å²) in [5.74, 6) is -0.135. The van der Waals surface area contributed by atoms with Crippen LogP contribution in [0.25, 0.3) is 0 Å². The molecule has 0 saturated carbocycles. The molecule has 0 radical (unpaired) electrons. The third-order valence-electron chi connectivity index (χ3n) is 4.21. The summed E-state index contributed by atoms with van der Waals surface area (Å²) in [6.45, 7) is 4.83. The van der Waals surface area contributed by atoms with Crippen molar-refractivity contribution in [3.8, 4) is 0 Å². The van der Waals surface area contributed by atoms with Crippen molar-refractivity contribution in [3.05, 3.63) is 35.4 Å². The van der Waals surface area contributed by atoms with E-state index in [4.69, 9.17) is 4.84 Å². The molecule has 0 aliphatic carbocycles. The Morgan fingerprint density at radius 1 is 1.52 bits per heavy atom. The number of nitrogens with zero attached hydrogens (tertiary/aromatic N) is 2. The number of aryl methyl sites for hydroxylation is 1. The van der Waals surface area contributed by atoms with Gasteiger partial charge in [0.15, 0.2) is 5.60 Å². The van der Waals surface area contributed by atoms with E-state index < -0.39 is 0 Å². The Morgan fingerprint density at radius 2 is 2.38 bits per heavy atom. The van der Waals surface area contributed by atoms with Crippen LogP contribution >= 0.6 is 0 Å². The summed E-state index contributed by atoms with van der Waals surface area (Å²) in [5.41, 5.74) is 2.81. The first-order valence-electron chi connectivity index (χ1n) is 7.35. The summed E-state index contributed by atoms with van der Waals surface area (Å²) in [5, 5.41) is 6.58. The van der Waals surface area contributed by atoms with Crippen molar-refractivity contribution >= 4 is 11.6 Å². The van der Waals surface area contributed by atoms with Gasteiger partial charge in [-0.1, -0.05) is 35.0 Å². The predicted octanol–water partition coefficient (Wildman–Crippen LogP) is 1.46. The van der Waals surface area contributed by atoms with E-state index in [2.05, 4.69) is 46.6 Å². The van der Waals surface area contributed by atoms with Crippen molar-refractivity contribution in [2.24, 2.45) is 5.16 Å². The van der Waals surface area contributed by atoms with Gasteiger partial charge in [-0.2, -0.15) is 0 Å². The lowest BCUT2D eigenvalue weighted by molar-refractivity contribution is -0.114. The lowest BCUT2D eigenvalue weighted by atomic mass is 9.96. The minimum absolute atomic E-state index is 0.135. The third-order valence-corrected chi connectivity index (χ3v) is 4.21. The Morgan fingerprint density at radius 3 is 3.14 bits per heavy atom. The summed E-state index contributed by atoms with van der Waals surface area (Å²) in [6.07, 6.45) is 1.53. The number of amides is 1. The molecule has 0 bridgehead atoms. The minimum Gasteiger partial charge on any atom is -0.387 e. The van der Waals surface area contributed by atoms with Gasteiger partial charge in [0.1, 0.15) is 5.71 Å². The average molecular weight is 287 g/mol. The van der Waals surface area contributed by atoms with E-state index >= 15 is 0 Å². The Labute approximate surface area is 125 Å². The largest absolute Gasteiger partial charge is 0.387 e. The second kappa shape index (κ2) is 5.48. The van der Waals surface area contributed by atoms with Gasteiger partial charge in [-0.15, -0.1) is 0 Å². The summed E-state index contributed by atoms with van der Waals surface area (Å²) in [7, 11) is 1.62. The van der Waals surface area contributed by atoms with E-state index in [1.54, 1.807) is 7.05 Å². The Kier molecular flexibility index (Phi) is 3.68. The number of hydrogen-bond donors (Lipinski definition) is 1. The third kappa shape index (κ3) is 2.93. The molecule has 1 aromatic rings. The van der Waals surface area contributed by atoms with Gasteiger partial charge in [0.2, 0.25) is 0 Å². The van der Waals surface area contributed by atoms with E-state index in [0.29, 0.717) is 12.1 Å². The number of oxime groups is 1. The van der Waals surface area contributed by atoms with Gasteiger partial charge >= 0.3 is 0 Å². The highest BCUT2D eigenvalue weighted by Gasteiger charge is 2.46. The zero-order chi connectivity index (χ0) is 14.9. The highest BCUT2D eigenvalue weighted by Crippen LogP contribution is 2.34. The van der Waals surface area contributed by atoms with Crippen LogP contribution < -0.4 is 5.32 Å². The molecule has 1 amide bonds. The molecule has 2 aliphatic rings. The smallest absolute Gasteiger partial charge is 0.268 e. The quantitative estimate of drug-likeness (QED) is 0.916. The van der Waals surface area contributed by atoms with Gasteiger partial charge in [0.05, 0.1) is 0 Å². The molecule has 112 valence electrons. The summed E-state index contributed by atoms with van der Waals surface area (Å²) < 4.78 is 0. The normalized spacial score (nSPS) is 25.0. The maximum atomic E-state index is 11.6. The molecular weight excluding hydrogens is 266 g/mol. The molecule has 2 heterocycles. The van der Waals surface area contributed by atoms with Gasteiger partial charge in [0, 0.05) is 39.5 Å². The van der Waals surface area contributed by atoms with E-state index in [1.807, 2.05) is 0 Å². The van der Waals surface area contributed by atoms with Gasteiger partial charge in [-0.25, -0.2) is 0 Å². The summed E-state index contributed by atoms with van der Waals surface area (Å²) >= 11 is 0. The Balaban J connectivity index is 1.60. The first kappa shape index (κ1) is 14.1. The van der Waals surface area contributed by atoms with Crippen LogP contribution in [0.5, 0.6) is 0 Å². The summed E-state index contributed by atoms with van der Waals surface area (Å²) in [4.78, 5) is 19.6. The fourth-order valence-electron chi connectivity index (χ4n) is 3.14. The molecule has 5 nitrogen and oxygen atoms in total. The molecule has 1 fully saturated rings. The van der Waals surface area contributed by atoms with Crippen molar-refractivity contribution in [2.45, 2.75) is 31.9 Å². The van der Waals surface area contributed by atoms with E-state index in [9.17, 15) is 4.79 Å². The van der Waals surface area contributed by atoms with Gasteiger partial charge in [-0.05, 0) is 12.5 Å². The molecule has 21 heavy (non-hydrogen) atoms. The first-order valence-corrected chi connectivity index (χ1v) is 7.35. The molecule has 0 aromatic heterocycles. The second-order valence-electron chi connectivity index (χ2n) is 6.02. The maximum absolute atomic E-state index is 11.6. The molecule has 1 saturated heterocycles. The van der Waals surface area contributed by atoms with Crippen molar-refractivity contribution in [1.82, 2.24) is 10.2 Å². The minimum atomic E-state index is -0.300. The van der Waals surface area contributed by atoms with Crippen LogP contribution in [0.4, 0.5) is 0 Å². The zero-order valence-electron chi connectivity index (χ0n) is 12.6. The van der Waals surface area contributed by atoms with Crippen molar-refractivity contribution in [1.29, 1.82) is 0 Å². The molecule has 5 heteroatoms. The second-order valence-corrected chi connectivity index (χ2v) is 6.02. The fraction of sp³-hybridized carbons (Fsp3) is 0.500. The van der Waals surface area contributed by atoms with E-state index in [0.717, 1.165) is 26.1 Å². The Bertz CT molecular complexity index is 585. The van der Waals surface area contributed by atoms with Gasteiger partial charge < -0.3 is 10.2 Å². The maximum Gasteiger partial charge on any atom is 0.268 e. The van der Waals surface area contributed by atoms with Crippen LogP contribution in [-0.4, -0.2) is 42.3 Å². The molecule has 2 aliphatic heterocycles. The van der Waals surface area contributed by atoms with Crippen molar-refractivity contribution in [2.75, 3.05) is 20.1 Å². The predicted molar refractivity (Wildman–Crippen MR) is 81.0 cm³/mol. The van der Waals surface area contributed by atoms with Crippen molar-refractivity contribution in [3.63, 3.8) is 0 Å². The molecule has 1 unspecified atom stereocenters. The van der Waals surface area contributed by atoms with Gasteiger partial charge in [-0.3, -0.25) is 9.69 Å². The van der Waals surface area contributed by atoms with Crippen molar-refractivity contribution < 1.29 is 9.63 Å². The van der Waals surface area contributed by atoms with Crippen LogP contribution in [0.2, 0.25) is 0 Å². The Hall–Kier alpha value is -1.88. The number of carbonyl (C=O) groups is 1. The van der Waals surface area contributed by atoms with E-state index in [1.165, 1.54) is 11.1 Å². The van der Waals surface area contributed by atoms with E-state index in [-0.39, 0.29) is 11.5 Å². The monoisotopic (exact) mass is 287 g/mol. The van der Waals surface area contributed by atoms with Crippen LogP contribution in [0, 0.1) is 6.92 Å². The molecule has 1 N–H and O–H groups in total. The SMILES string of the molecule is CNC(=O)C1=NOC2(CCN(Cc3cccc(C)c3)C2)C1. The molecule has 1 atom stereocenters. The first-order chi connectivity index (χ1) is 10.1. The standard InChI is InChI=1S/C16H21N3O2/c1-12-4-3-5-13(8-12)10-19-7-6-16(11-19)9-14(18-21-16)15(20)17-2/h3-5,8H,6-7,9-11H2,1-2H3,(H,17,20). The van der Waals surface area contributed by atoms with Crippen LogP contribution in [-0.2, 0) is 16.2 Å². The number of carbonyl (C=O) groups excluding carboxylic acids is 1. The van der Waals surface area contributed by atoms with Crippen LogP contribution in [0.1, 0.15) is 24.0 Å². The molecule has 3 rings (SSSR count). The number of hydrogen-bond acceptors (Lipinski definition) is 4. The number of rotatable bonds is 3. The highest BCUT2D eigenvalue weighted by atomic mass is 16.7. The fourth-order valence-corrected chi connectivity index (χ4v) is 3.14. The zero-order valence-corrected chi connectivity index (χ0v) is 12.6. The molecular formula is C16H21N3O2. The molecule has 1 aromatic carbocycles. The average Bonchev–Trinajstić information content (AvgIpc) is 3.06. The lowest BCUT2D eigenvalue weighted by Crippen LogP contribution is -2.36. The summed E-state index contributed by atoms with van der Waals surface area (Å²) in [6, 6.07) is 8.57. The topological polar surface area (TPSA) is 53.9 Å². The van der Waals surface area contributed by atoms with Crippen LogP contribution in [0.15, 0.2) is 29.4 Å².